The minimum Gasteiger partial charge on any atom is -0.481 e. The van der Waals surface area contributed by atoms with Crippen LogP contribution in [0, 0.1) is 0 Å². The topological polar surface area (TPSA) is 78.9 Å². The van der Waals surface area contributed by atoms with E-state index < -0.39 is 5.97 Å². The highest BCUT2D eigenvalue weighted by atomic mass is 16.5. The first-order chi connectivity index (χ1) is 7.59. The number of aliphatic carboxylic acids is 1. The van der Waals surface area contributed by atoms with Crippen LogP contribution < -0.4 is 5.32 Å². The molecule has 92 valence electrons. The maximum absolute atomic E-state index is 11.4. The van der Waals surface area contributed by atoms with Gasteiger partial charge in [0, 0.05) is 19.5 Å². The van der Waals surface area contributed by atoms with Gasteiger partial charge < -0.3 is 15.2 Å². The van der Waals surface area contributed by atoms with E-state index in [1.54, 1.807) is 0 Å². The second-order valence-electron chi connectivity index (χ2n) is 3.79. The van der Waals surface area contributed by atoms with Crippen molar-refractivity contribution in [3.8, 4) is 0 Å². The van der Waals surface area contributed by atoms with Gasteiger partial charge in [-0.05, 0) is 6.92 Å². The van der Waals surface area contributed by atoms with Gasteiger partial charge in [0.25, 0.3) is 0 Å². The molecule has 1 aliphatic rings. The number of hydrogen-bond donors (Lipinski definition) is 2. The minimum absolute atomic E-state index is 0.0318. The van der Waals surface area contributed by atoms with Crippen LogP contribution in [0.15, 0.2) is 0 Å². The molecular weight excluding hydrogens is 212 g/mol. The Bertz CT molecular complexity index is 251. The number of nitrogens with zero attached hydrogens (tertiary/aromatic N) is 1. The minimum atomic E-state index is -0.950. The van der Waals surface area contributed by atoms with Crippen LogP contribution in [0.25, 0.3) is 0 Å². The monoisotopic (exact) mass is 230 g/mol. The number of carbonyl (C=O) groups excluding carboxylic acids is 1. The Kier molecular flexibility index (Phi) is 5.21. The fourth-order valence-electron chi connectivity index (χ4n) is 1.58. The number of carboxylic acid groups (broad SMARTS) is 1. The average Bonchev–Trinajstić information content (AvgIpc) is 2.27. The molecule has 0 aromatic heterocycles. The van der Waals surface area contributed by atoms with E-state index in [1.165, 1.54) is 0 Å². The van der Waals surface area contributed by atoms with Crippen LogP contribution >= 0.6 is 0 Å². The van der Waals surface area contributed by atoms with Crippen molar-refractivity contribution in [1.29, 1.82) is 0 Å². The molecule has 0 aromatic carbocycles. The van der Waals surface area contributed by atoms with Gasteiger partial charge >= 0.3 is 5.97 Å². The number of morpholine rings is 1. The van der Waals surface area contributed by atoms with Crippen molar-refractivity contribution in [2.45, 2.75) is 25.9 Å². The summed E-state index contributed by atoms with van der Waals surface area (Å²) in [6.45, 7) is 4.83. The molecule has 1 atom stereocenters. The molecule has 0 bridgehead atoms. The molecule has 1 amide bonds. The van der Waals surface area contributed by atoms with E-state index in [9.17, 15) is 9.59 Å². The van der Waals surface area contributed by atoms with E-state index in [0.717, 1.165) is 13.1 Å². The lowest BCUT2D eigenvalue weighted by Gasteiger charge is -2.32. The first-order valence-corrected chi connectivity index (χ1v) is 5.42. The molecule has 6 heteroatoms. The van der Waals surface area contributed by atoms with E-state index in [2.05, 4.69) is 10.2 Å². The highest BCUT2D eigenvalue weighted by molar-refractivity contribution is 5.80. The summed E-state index contributed by atoms with van der Waals surface area (Å²) in [5.74, 6) is -1.17. The van der Waals surface area contributed by atoms with E-state index in [4.69, 9.17) is 9.84 Å². The number of hydrogen-bond acceptors (Lipinski definition) is 4. The van der Waals surface area contributed by atoms with Crippen molar-refractivity contribution >= 4 is 11.9 Å². The Morgan fingerprint density at radius 3 is 2.56 bits per heavy atom. The second-order valence-corrected chi connectivity index (χ2v) is 3.79. The third-order valence-corrected chi connectivity index (χ3v) is 2.53. The lowest BCUT2D eigenvalue weighted by molar-refractivity contribution is -0.139. The first kappa shape index (κ1) is 12.9. The average molecular weight is 230 g/mol. The highest BCUT2D eigenvalue weighted by Crippen LogP contribution is 2.01. The summed E-state index contributed by atoms with van der Waals surface area (Å²) in [5.41, 5.74) is 0. The summed E-state index contributed by atoms with van der Waals surface area (Å²) < 4.78 is 5.20. The molecule has 1 aliphatic heterocycles. The van der Waals surface area contributed by atoms with Gasteiger partial charge in [0.1, 0.15) is 0 Å². The number of amides is 1. The molecule has 1 heterocycles. The van der Waals surface area contributed by atoms with Crippen LogP contribution in [0.5, 0.6) is 0 Å². The number of carboxylic acids is 1. The molecule has 1 unspecified atom stereocenters. The zero-order chi connectivity index (χ0) is 12.0. The van der Waals surface area contributed by atoms with Crippen molar-refractivity contribution in [2.75, 3.05) is 26.3 Å². The van der Waals surface area contributed by atoms with E-state index >= 15 is 0 Å². The lowest BCUT2D eigenvalue weighted by Crippen LogP contribution is -2.50. The number of rotatable bonds is 5. The van der Waals surface area contributed by atoms with Crippen molar-refractivity contribution < 1.29 is 19.4 Å². The molecular formula is C10H18N2O4. The predicted octanol–water partition coefficient (Wildman–Crippen LogP) is -0.354. The SMILES string of the molecule is CC(NC(=O)CCC(=O)O)N1CCOCC1. The van der Waals surface area contributed by atoms with Gasteiger partial charge in [-0.15, -0.1) is 0 Å². The molecule has 1 fully saturated rings. The largest absolute Gasteiger partial charge is 0.481 e. The molecule has 16 heavy (non-hydrogen) atoms. The van der Waals surface area contributed by atoms with Gasteiger partial charge in [-0.1, -0.05) is 0 Å². The van der Waals surface area contributed by atoms with Gasteiger partial charge in [-0.3, -0.25) is 14.5 Å². The fourth-order valence-corrected chi connectivity index (χ4v) is 1.58. The molecule has 0 saturated carbocycles. The van der Waals surface area contributed by atoms with Crippen LogP contribution in [0.1, 0.15) is 19.8 Å². The molecule has 0 radical (unpaired) electrons. The fraction of sp³-hybridized carbons (Fsp3) is 0.800. The number of ether oxygens (including phenoxy) is 1. The van der Waals surface area contributed by atoms with E-state index in [-0.39, 0.29) is 24.9 Å². The molecule has 6 nitrogen and oxygen atoms in total. The molecule has 2 N–H and O–H groups in total. The van der Waals surface area contributed by atoms with Crippen LogP contribution in [-0.4, -0.2) is 54.4 Å². The van der Waals surface area contributed by atoms with E-state index in [0.29, 0.717) is 13.2 Å². The Morgan fingerprint density at radius 1 is 1.38 bits per heavy atom. The summed E-state index contributed by atoms with van der Waals surface area (Å²) >= 11 is 0. The summed E-state index contributed by atoms with van der Waals surface area (Å²) in [5, 5.41) is 11.2. The summed E-state index contributed by atoms with van der Waals surface area (Å²) in [6.07, 6.45) is -0.156. The van der Waals surface area contributed by atoms with Crippen LogP contribution in [-0.2, 0) is 14.3 Å². The summed E-state index contributed by atoms with van der Waals surface area (Å²) in [7, 11) is 0. The highest BCUT2D eigenvalue weighted by Gasteiger charge is 2.18. The third-order valence-electron chi connectivity index (χ3n) is 2.53. The standard InChI is InChI=1S/C10H18N2O4/c1-8(12-4-6-16-7-5-12)11-9(13)2-3-10(14)15/h8H,2-7H2,1H3,(H,11,13)(H,14,15). The molecule has 1 saturated heterocycles. The Labute approximate surface area is 94.6 Å². The predicted molar refractivity (Wildman–Crippen MR) is 56.9 cm³/mol. The Morgan fingerprint density at radius 2 is 2.00 bits per heavy atom. The molecule has 0 spiro atoms. The summed E-state index contributed by atoms with van der Waals surface area (Å²) in [4.78, 5) is 23.8. The Hall–Kier alpha value is -1.14. The van der Waals surface area contributed by atoms with Crippen molar-refractivity contribution in [1.82, 2.24) is 10.2 Å². The smallest absolute Gasteiger partial charge is 0.303 e. The maximum atomic E-state index is 11.4. The van der Waals surface area contributed by atoms with Crippen molar-refractivity contribution in [3.63, 3.8) is 0 Å². The number of nitrogens with one attached hydrogen (secondary N) is 1. The first-order valence-electron chi connectivity index (χ1n) is 5.42. The second kappa shape index (κ2) is 6.44. The van der Waals surface area contributed by atoms with Gasteiger partial charge in [-0.25, -0.2) is 0 Å². The maximum Gasteiger partial charge on any atom is 0.303 e. The molecule has 1 rings (SSSR count). The van der Waals surface area contributed by atoms with Crippen molar-refractivity contribution in [3.05, 3.63) is 0 Å². The van der Waals surface area contributed by atoms with Crippen LogP contribution in [0.2, 0.25) is 0 Å². The van der Waals surface area contributed by atoms with Gasteiger partial charge in [0.2, 0.25) is 5.91 Å². The number of carbonyl (C=O) groups is 2. The lowest BCUT2D eigenvalue weighted by atomic mass is 10.3. The van der Waals surface area contributed by atoms with Gasteiger partial charge in [-0.2, -0.15) is 0 Å². The van der Waals surface area contributed by atoms with Crippen LogP contribution in [0.4, 0.5) is 0 Å². The van der Waals surface area contributed by atoms with Crippen LogP contribution in [0.3, 0.4) is 0 Å². The van der Waals surface area contributed by atoms with Gasteiger partial charge in [0.05, 0.1) is 25.8 Å². The zero-order valence-corrected chi connectivity index (χ0v) is 9.44. The molecule has 0 aromatic rings. The normalized spacial score (nSPS) is 19.1. The summed E-state index contributed by atoms with van der Waals surface area (Å²) in [6, 6.07) is 0. The third kappa shape index (κ3) is 4.59. The van der Waals surface area contributed by atoms with E-state index in [1.807, 2.05) is 6.92 Å². The quantitative estimate of drug-likeness (QED) is 0.674. The molecule has 0 aliphatic carbocycles. The Balaban J connectivity index is 2.23. The van der Waals surface area contributed by atoms with Gasteiger partial charge in [0.15, 0.2) is 0 Å². The zero-order valence-electron chi connectivity index (χ0n) is 9.44. The van der Waals surface area contributed by atoms with Crippen molar-refractivity contribution in [2.24, 2.45) is 0 Å².